The van der Waals surface area contributed by atoms with Gasteiger partial charge in [-0.05, 0) is 56.5 Å². The van der Waals surface area contributed by atoms with E-state index in [0.717, 1.165) is 16.8 Å². The zero-order valence-electron chi connectivity index (χ0n) is 17.3. The van der Waals surface area contributed by atoms with Gasteiger partial charge in [-0.15, -0.1) is 0 Å². The summed E-state index contributed by atoms with van der Waals surface area (Å²) in [4.78, 5) is 42.5. The monoisotopic (exact) mass is 397 g/mol. The first-order valence-corrected chi connectivity index (χ1v) is 9.56. The van der Waals surface area contributed by atoms with Gasteiger partial charge in [0.2, 0.25) is 5.91 Å². The maximum Gasteiger partial charge on any atom is 0.338 e. The molecule has 1 N–H and O–H groups in total. The van der Waals surface area contributed by atoms with Crippen LogP contribution in [0.5, 0.6) is 0 Å². The first-order valence-electron chi connectivity index (χ1n) is 9.56. The van der Waals surface area contributed by atoms with Gasteiger partial charge >= 0.3 is 5.97 Å². The fourth-order valence-corrected chi connectivity index (χ4v) is 2.72. The van der Waals surface area contributed by atoms with Crippen LogP contribution in [0.2, 0.25) is 0 Å². The second-order valence-electron chi connectivity index (χ2n) is 6.89. The van der Waals surface area contributed by atoms with E-state index < -0.39 is 18.5 Å². The van der Waals surface area contributed by atoms with Crippen LogP contribution in [0.1, 0.15) is 41.8 Å². The second kappa shape index (κ2) is 10.4. The van der Waals surface area contributed by atoms with Gasteiger partial charge < -0.3 is 15.0 Å². The number of hydrogen-bond donors (Lipinski definition) is 1. The van der Waals surface area contributed by atoms with E-state index in [4.69, 9.17) is 4.74 Å². The maximum absolute atomic E-state index is 12.6. The van der Waals surface area contributed by atoms with Gasteiger partial charge in [-0.3, -0.25) is 14.6 Å². The topological polar surface area (TPSA) is 88.6 Å². The molecular formula is C22H27N3O4. The molecule has 7 nitrogen and oxygen atoms in total. The van der Waals surface area contributed by atoms with Crippen molar-refractivity contribution in [3.05, 3.63) is 59.4 Å². The van der Waals surface area contributed by atoms with E-state index in [-0.39, 0.29) is 18.5 Å². The Bertz CT molecular complexity index is 868. The van der Waals surface area contributed by atoms with Crippen molar-refractivity contribution < 1.29 is 19.1 Å². The van der Waals surface area contributed by atoms with Gasteiger partial charge in [0.05, 0.1) is 5.56 Å². The third-order valence-electron chi connectivity index (χ3n) is 4.88. The summed E-state index contributed by atoms with van der Waals surface area (Å²) in [7, 11) is 0. The molecule has 0 aliphatic rings. The molecule has 1 aromatic carbocycles. The van der Waals surface area contributed by atoms with E-state index in [9.17, 15) is 14.4 Å². The largest absolute Gasteiger partial charge is 0.452 e. The van der Waals surface area contributed by atoms with Crippen LogP contribution in [0, 0.1) is 13.8 Å². The highest BCUT2D eigenvalue weighted by Crippen LogP contribution is 2.18. The Kier molecular flexibility index (Phi) is 7.88. The molecule has 154 valence electrons. The third-order valence-corrected chi connectivity index (χ3v) is 4.88. The molecule has 0 spiro atoms. The zero-order valence-corrected chi connectivity index (χ0v) is 17.3. The SMILES string of the molecule is CC[C@H](C)N(CC(=O)Nc1cccc(C)c1C)C(=O)COC(=O)c1ccncc1. The van der Waals surface area contributed by atoms with Crippen molar-refractivity contribution in [2.24, 2.45) is 0 Å². The number of aryl methyl sites for hydroxylation is 1. The minimum absolute atomic E-state index is 0.117. The lowest BCUT2D eigenvalue weighted by Crippen LogP contribution is -2.45. The molecule has 2 rings (SSSR count). The lowest BCUT2D eigenvalue weighted by molar-refractivity contribution is -0.139. The predicted molar refractivity (Wildman–Crippen MR) is 111 cm³/mol. The molecule has 2 aromatic rings. The molecule has 0 unspecified atom stereocenters. The number of carbonyl (C=O) groups excluding carboxylic acids is 3. The van der Waals surface area contributed by atoms with E-state index in [1.54, 1.807) is 0 Å². The van der Waals surface area contributed by atoms with Crippen LogP contribution < -0.4 is 5.32 Å². The average molecular weight is 397 g/mol. The predicted octanol–water partition coefficient (Wildman–Crippen LogP) is 3.12. The van der Waals surface area contributed by atoms with Crippen molar-refractivity contribution in [3.63, 3.8) is 0 Å². The van der Waals surface area contributed by atoms with E-state index in [0.29, 0.717) is 12.0 Å². The molecule has 7 heteroatoms. The molecule has 0 saturated heterocycles. The fourth-order valence-electron chi connectivity index (χ4n) is 2.72. The van der Waals surface area contributed by atoms with Gasteiger partial charge in [0.25, 0.3) is 5.91 Å². The van der Waals surface area contributed by atoms with Crippen LogP contribution in [0.4, 0.5) is 5.69 Å². The highest BCUT2D eigenvalue weighted by Gasteiger charge is 2.23. The van der Waals surface area contributed by atoms with E-state index in [2.05, 4.69) is 10.3 Å². The zero-order chi connectivity index (χ0) is 21.4. The third kappa shape index (κ3) is 6.14. The number of amides is 2. The molecule has 1 atom stereocenters. The summed E-state index contributed by atoms with van der Waals surface area (Å²) in [5, 5.41) is 2.86. The number of pyridine rings is 1. The summed E-state index contributed by atoms with van der Waals surface area (Å²) >= 11 is 0. The van der Waals surface area contributed by atoms with Crippen molar-refractivity contribution >= 4 is 23.5 Å². The number of aromatic nitrogens is 1. The molecule has 1 aromatic heterocycles. The molecule has 0 fully saturated rings. The van der Waals surface area contributed by atoms with Gasteiger partial charge in [-0.25, -0.2) is 4.79 Å². The van der Waals surface area contributed by atoms with Gasteiger partial charge in [0.1, 0.15) is 6.54 Å². The Balaban J connectivity index is 2.00. The van der Waals surface area contributed by atoms with Crippen LogP contribution in [0.25, 0.3) is 0 Å². The number of rotatable bonds is 8. The summed E-state index contributed by atoms with van der Waals surface area (Å²) < 4.78 is 5.11. The fraction of sp³-hybridized carbons (Fsp3) is 0.364. The Morgan fingerprint density at radius 1 is 1.14 bits per heavy atom. The number of benzene rings is 1. The smallest absolute Gasteiger partial charge is 0.338 e. The molecule has 29 heavy (non-hydrogen) atoms. The highest BCUT2D eigenvalue weighted by atomic mass is 16.5. The Morgan fingerprint density at radius 2 is 1.83 bits per heavy atom. The minimum atomic E-state index is -0.607. The van der Waals surface area contributed by atoms with Gasteiger partial charge in [-0.1, -0.05) is 19.1 Å². The van der Waals surface area contributed by atoms with Crippen molar-refractivity contribution in [2.75, 3.05) is 18.5 Å². The first kappa shape index (κ1) is 22.1. The molecule has 2 amide bonds. The molecule has 1 heterocycles. The van der Waals surface area contributed by atoms with E-state index >= 15 is 0 Å². The van der Waals surface area contributed by atoms with E-state index in [1.807, 2.05) is 45.9 Å². The number of hydrogen-bond acceptors (Lipinski definition) is 5. The average Bonchev–Trinajstić information content (AvgIpc) is 2.73. The van der Waals surface area contributed by atoms with Crippen molar-refractivity contribution in [1.82, 2.24) is 9.88 Å². The normalized spacial score (nSPS) is 11.4. The number of ether oxygens (including phenoxy) is 1. The molecule has 0 aliphatic heterocycles. The molecule has 0 aliphatic carbocycles. The quantitative estimate of drug-likeness (QED) is 0.692. The van der Waals surface area contributed by atoms with Gasteiger partial charge in [0, 0.05) is 24.1 Å². The number of carbonyl (C=O) groups is 3. The Morgan fingerprint density at radius 3 is 2.48 bits per heavy atom. The van der Waals surface area contributed by atoms with E-state index in [1.165, 1.54) is 29.4 Å². The second-order valence-corrected chi connectivity index (χ2v) is 6.89. The summed E-state index contributed by atoms with van der Waals surface area (Å²) in [5.41, 5.74) is 3.08. The summed E-state index contributed by atoms with van der Waals surface area (Å²) in [5.74, 6) is -1.32. The first-order chi connectivity index (χ1) is 13.8. The van der Waals surface area contributed by atoms with Crippen molar-refractivity contribution in [2.45, 2.75) is 40.2 Å². The van der Waals surface area contributed by atoms with Crippen LogP contribution in [0.15, 0.2) is 42.7 Å². The number of anilines is 1. The number of esters is 1. The summed E-state index contributed by atoms with van der Waals surface area (Å²) in [6.07, 6.45) is 3.61. The number of nitrogens with one attached hydrogen (secondary N) is 1. The minimum Gasteiger partial charge on any atom is -0.452 e. The van der Waals surface area contributed by atoms with Gasteiger partial charge in [-0.2, -0.15) is 0 Å². The lowest BCUT2D eigenvalue weighted by Gasteiger charge is -2.28. The summed E-state index contributed by atoms with van der Waals surface area (Å²) in [6, 6.07) is 8.51. The van der Waals surface area contributed by atoms with Crippen molar-refractivity contribution in [3.8, 4) is 0 Å². The molecule has 0 saturated carbocycles. The number of nitrogens with zero attached hydrogens (tertiary/aromatic N) is 2. The Labute approximate surface area is 171 Å². The highest BCUT2D eigenvalue weighted by molar-refractivity contribution is 5.96. The lowest BCUT2D eigenvalue weighted by atomic mass is 10.1. The van der Waals surface area contributed by atoms with Crippen LogP contribution in [-0.2, 0) is 14.3 Å². The maximum atomic E-state index is 12.6. The van der Waals surface area contributed by atoms with Gasteiger partial charge in [0.15, 0.2) is 6.61 Å². The van der Waals surface area contributed by atoms with Crippen LogP contribution in [-0.4, -0.2) is 46.9 Å². The summed E-state index contributed by atoms with van der Waals surface area (Å²) in [6.45, 7) is 7.14. The van der Waals surface area contributed by atoms with Crippen molar-refractivity contribution in [1.29, 1.82) is 0 Å². The molecule has 0 bridgehead atoms. The Hall–Kier alpha value is -3.22. The molecule has 0 radical (unpaired) electrons. The molecular weight excluding hydrogens is 370 g/mol. The van der Waals surface area contributed by atoms with Crippen LogP contribution in [0.3, 0.4) is 0 Å². The standard InChI is InChI=1S/C22H27N3O4/c1-5-16(3)25(13-20(26)24-19-8-6-7-15(2)17(19)4)21(27)14-29-22(28)18-9-11-23-12-10-18/h6-12,16H,5,13-14H2,1-4H3,(H,24,26)/t16-/m0/s1. The van der Waals surface area contributed by atoms with Crippen LogP contribution >= 0.6 is 0 Å².